The van der Waals surface area contributed by atoms with Gasteiger partial charge in [0.05, 0.1) is 7.11 Å². The number of hydrogen-bond donors (Lipinski definition) is 0. The van der Waals surface area contributed by atoms with Crippen LogP contribution in [0.3, 0.4) is 0 Å². The van der Waals surface area contributed by atoms with Gasteiger partial charge in [0.25, 0.3) is 0 Å². The summed E-state index contributed by atoms with van der Waals surface area (Å²) < 4.78 is 7.20. The van der Waals surface area contributed by atoms with Gasteiger partial charge in [0, 0.05) is 50.9 Å². The zero-order chi connectivity index (χ0) is 19.3. The molecule has 1 aliphatic rings. The van der Waals surface area contributed by atoms with Crippen LogP contribution in [0.25, 0.3) is 5.65 Å². The number of anilines is 1. The first-order valence-corrected chi connectivity index (χ1v) is 9.70. The molecule has 2 aromatic heterocycles. The van der Waals surface area contributed by atoms with Crippen LogP contribution in [0.2, 0.25) is 0 Å². The third-order valence-electron chi connectivity index (χ3n) is 5.25. The molecule has 4 rings (SSSR count). The van der Waals surface area contributed by atoms with Gasteiger partial charge in [-0.25, -0.2) is 0 Å². The van der Waals surface area contributed by atoms with E-state index in [4.69, 9.17) is 4.74 Å². The van der Waals surface area contributed by atoms with E-state index in [-0.39, 0.29) is 5.91 Å². The number of carbonyl (C=O) groups is 1. The number of hydrogen-bond acceptors (Lipinski definition) is 5. The van der Waals surface area contributed by atoms with E-state index < -0.39 is 0 Å². The number of pyridine rings is 1. The van der Waals surface area contributed by atoms with Crippen molar-refractivity contribution in [2.24, 2.45) is 0 Å². The SMILES string of the molecule is COc1ccc(N2CCN(C(=O)CCCc3nnc4ccccn34)CC2)cc1. The number of nitrogens with zero attached hydrogens (tertiary/aromatic N) is 5. The maximum atomic E-state index is 12.6. The number of aromatic nitrogens is 3. The third-order valence-corrected chi connectivity index (χ3v) is 5.25. The molecule has 146 valence electrons. The largest absolute Gasteiger partial charge is 0.497 e. The molecule has 0 bridgehead atoms. The van der Waals surface area contributed by atoms with Gasteiger partial charge in [-0.05, 0) is 42.8 Å². The van der Waals surface area contributed by atoms with Gasteiger partial charge < -0.3 is 14.5 Å². The Morgan fingerprint density at radius 3 is 2.57 bits per heavy atom. The van der Waals surface area contributed by atoms with Gasteiger partial charge in [-0.1, -0.05) is 6.07 Å². The summed E-state index contributed by atoms with van der Waals surface area (Å²) in [5, 5.41) is 8.39. The predicted octanol–water partition coefficient (Wildman–Crippen LogP) is 2.41. The lowest BCUT2D eigenvalue weighted by molar-refractivity contribution is -0.131. The molecule has 3 aromatic rings. The van der Waals surface area contributed by atoms with E-state index in [9.17, 15) is 4.79 Å². The Hall–Kier alpha value is -3.09. The molecule has 0 N–H and O–H groups in total. The van der Waals surface area contributed by atoms with Crippen molar-refractivity contribution in [1.82, 2.24) is 19.5 Å². The fourth-order valence-corrected chi connectivity index (χ4v) is 3.62. The molecule has 1 saturated heterocycles. The summed E-state index contributed by atoms with van der Waals surface area (Å²) >= 11 is 0. The first-order valence-electron chi connectivity index (χ1n) is 9.70. The zero-order valence-corrected chi connectivity index (χ0v) is 16.1. The van der Waals surface area contributed by atoms with Gasteiger partial charge in [-0.3, -0.25) is 9.20 Å². The highest BCUT2D eigenvalue weighted by atomic mass is 16.5. The summed E-state index contributed by atoms with van der Waals surface area (Å²) in [4.78, 5) is 16.9. The summed E-state index contributed by atoms with van der Waals surface area (Å²) in [5.41, 5.74) is 2.02. The van der Waals surface area contributed by atoms with E-state index >= 15 is 0 Å². The summed E-state index contributed by atoms with van der Waals surface area (Å²) in [6, 6.07) is 13.9. The summed E-state index contributed by atoms with van der Waals surface area (Å²) in [5.74, 6) is 1.99. The van der Waals surface area contributed by atoms with E-state index in [0.717, 1.165) is 56.2 Å². The minimum atomic E-state index is 0.225. The number of aryl methyl sites for hydroxylation is 1. The van der Waals surface area contributed by atoms with Crippen LogP contribution in [0, 0.1) is 0 Å². The van der Waals surface area contributed by atoms with E-state index in [1.54, 1.807) is 7.11 Å². The van der Waals surface area contributed by atoms with Gasteiger partial charge >= 0.3 is 0 Å². The van der Waals surface area contributed by atoms with Crippen molar-refractivity contribution in [2.45, 2.75) is 19.3 Å². The number of piperazine rings is 1. The van der Waals surface area contributed by atoms with E-state index in [1.807, 2.05) is 45.8 Å². The topological polar surface area (TPSA) is 63.0 Å². The molecule has 1 aliphatic heterocycles. The van der Waals surface area contributed by atoms with Gasteiger partial charge in [0.1, 0.15) is 11.6 Å². The van der Waals surface area contributed by atoms with Crippen LogP contribution in [0.5, 0.6) is 5.75 Å². The van der Waals surface area contributed by atoms with E-state index in [0.29, 0.717) is 6.42 Å². The van der Waals surface area contributed by atoms with Gasteiger partial charge in [-0.15, -0.1) is 10.2 Å². The smallest absolute Gasteiger partial charge is 0.222 e. The maximum Gasteiger partial charge on any atom is 0.222 e. The fourth-order valence-electron chi connectivity index (χ4n) is 3.62. The Morgan fingerprint density at radius 2 is 1.82 bits per heavy atom. The van der Waals surface area contributed by atoms with Crippen LogP contribution in [0.4, 0.5) is 5.69 Å². The molecule has 1 fully saturated rings. The second kappa shape index (κ2) is 8.29. The van der Waals surface area contributed by atoms with E-state index in [1.165, 1.54) is 5.69 Å². The molecule has 0 spiro atoms. The molecular weight excluding hydrogens is 354 g/mol. The van der Waals surface area contributed by atoms with Crippen molar-refractivity contribution in [3.05, 3.63) is 54.5 Å². The van der Waals surface area contributed by atoms with Crippen LogP contribution in [0.15, 0.2) is 48.7 Å². The first kappa shape index (κ1) is 18.3. The highest BCUT2D eigenvalue weighted by Crippen LogP contribution is 2.20. The third kappa shape index (κ3) is 3.93. The number of benzene rings is 1. The molecule has 0 atom stereocenters. The van der Waals surface area contributed by atoms with Crippen molar-refractivity contribution >= 4 is 17.2 Å². The van der Waals surface area contributed by atoms with Crippen LogP contribution in [-0.2, 0) is 11.2 Å². The Labute approximate surface area is 164 Å². The molecule has 7 nitrogen and oxygen atoms in total. The standard InChI is InChI=1S/C21H25N5O2/c1-28-18-10-8-17(9-11-18)24-13-15-25(16-14-24)21(27)7-4-6-20-23-22-19-5-2-3-12-26(19)20/h2-3,5,8-12H,4,6-7,13-16H2,1H3. The van der Waals surface area contributed by atoms with Crippen molar-refractivity contribution in [3.63, 3.8) is 0 Å². The molecule has 0 aliphatic carbocycles. The Morgan fingerprint density at radius 1 is 1.04 bits per heavy atom. The second-order valence-corrected chi connectivity index (χ2v) is 6.96. The zero-order valence-electron chi connectivity index (χ0n) is 16.1. The van der Waals surface area contributed by atoms with Crippen LogP contribution in [-0.4, -0.2) is 58.7 Å². The Bertz CT molecular complexity index is 929. The minimum absolute atomic E-state index is 0.225. The highest BCUT2D eigenvalue weighted by Gasteiger charge is 2.21. The number of rotatable bonds is 6. The van der Waals surface area contributed by atoms with Gasteiger partial charge in [0.2, 0.25) is 5.91 Å². The van der Waals surface area contributed by atoms with Gasteiger partial charge in [0.15, 0.2) is 5.65 Å². The van der Waals surface area contributed by atoms with E-state index in [2.05, 4.69) is 27.2 Å². The Kier molecular flexibility index (Phi) is 5.41. The minimum Gasteiger partial charge on any atom is -0.497 e. The summed E-state index contributed by atoms with van der Waals surface area (Å²) in [6.07, 6.45) is 4.05. The lowest BCUT2D eigenvalue weighted by Gasteiger charge is -2.36. The second-order valence-electron chi connectivity index (χ2n) is 6.96. The molecule has 0 radical (unpaired) electrons. The van der Waals surface area contributed by atoms with Crippen LogP contribution < -0.4 is 9.64 Å². The van der Waals surface area contributed by atoms with Crippen molar-refractivity contribution in [2.75, 3.05) is 38.2 Å². The van der Waals surface area contributed by atoms with Gasteiger partial charge in [-0.2, -0.15) is 0 Å². The van der Waals surface area contributed by atoms with Crippen molar-refractivity contribution in [1.29, 1.82) is 0 Å². The first-order chi connectivity index (χ1) is 13.7. The quantitative estimate of drug-likeness (QED) is 0.658. The molecule has 1 amide bonds. The number of methoxy groups -OCH3 is 1. The number of fused-ring (bicyclic) bond motifs is 1. The molecule has 28 heavy (non-hydrogen) atoms. The fraction of sp³-hybridized carbons (Fsp3) is 0.381. The van der Waals surface area contributed by atoms with Crippen molar-refractivity contribution < 1.29 is 9.53 Å². The molecule has 0 saturated carbocycles. The number of amides is 1. The Balaban J connectivity index is 1.25. The summed E-state index contributed by atoms with van der Waals surface area (Å²) in [7, 11) is 1.67. The summed E-state index contributed by atoms with van der Waals surface area (Å²) in [6.45, 7) is 3.23. The predicted molar refractivity (Wildman–Crippen MR) is 108 cm³/mol. The lowest BCUT2D eigenvalue weighted by Crippen LogP contribution is -2.48. The van der Waals surface area contributed by atoms with Crippen molar-refractivity contribution in [3.8, 4) is 5.75 Å². The maximum absolute atomic E-state index is 12.6. The average Bonchev–Trinajstić information content (AvgIpc) is 3.17. The number of carbonyl (C=O) groups excluding carboxylic acids is 1. The molecule has 7 heteroatoms. The highest BCUT2D eigenvalue weighted by molar-refractivity contribution is 5.76. The van der Waals surface area contributed by atoms with Crippen LogP contribution >= 0.6 is 0 Å². The monoisotopic (exact) mass is 379 g/mol. The average molecular weight is 379 g/mol. The molecular formula is C21H25N5O2. The lowest BCUT2D eigenvalue weighted by atomic mass is 10.2. The molecule has 3 heterocycles. The normalized spacial score (nSPS) is 14.5. The molecule has 0 unspecified atom stereocenters. The number of ether oxygens (including phenoxy) is 1. The van der Waals surface area contributed by atoms with Crippen LogP contribution in [0.1, 0.15) is 18.7 Å². The molecule has 1 aromatic carbocycles.